The van der Waals surface area contributed by atoms with Gasteiger partial charge in [0.25, 0.3) is 0 Å². The second-order valence-electron chi connectivity index (χ2n) is 6.25. The molecule has 0 aliphatic carbocycles. The van der Waals surface area contributed by atoms with Gasteiger partial charge in [-0.25, -0.2) is 0 Å². The van der Waals surface area contributed by atoms with E-state index in [1.54, 1.807) is 13.8 Å². The highest BCUT2D eigenvalue weighted by atomic mass is 16.5. The third-order valence-corrected chi connectivity index (χ3v) is 4.00. The molecule has 7 heteroatoms. The van der Waals surface area contributed by atoms with Crippen molar-refractivity contribution in [3.63, 3.8) is 0 Å². The fourth-order valence-electron chi connectivity index (χ4n) is 2.72. The van der Waals surface area contributed by atoms with E-state index in [9.17, 15) is 9.59 Å². The molecule has 0 radical (unpaired) electrons. The number of rotatable bonds is 5. The predicted molar refractivity (Wildman–Crippen MR) is 98.0 cm³/mol. The molecular formula is C19H20N4O3. The van der Waals surface area contributed by atoms with Crippen molar-refractivity contribution in [2.45, 2.75) is 33.6 Å². The topological polar surface area (TPSA) is 101 Å². The number of anilines is 1. The van der Waals surface area contributed by atoms with E-state index in [-0.39, 0.29) is 17.9 Å². The Morgan fingerprint density at radius 3 is 2.77 bits per heavy atom. The molecule has 0 saturated carbocycles. The van der Waals surface area contributed by atoms with Crippen LogP contribution in [0.15, 0.2) is 39.6 Å². The zero-order chi connectivity index (χ0) is 18.7. The van der Waals surface area contributed by atoms with Gasteiger partial charge in [0, 0.05) is 30.2 Å². The number of hydrogen-bond donors (Lipinski definition) is 2. The van der Waals surface area contributed by atoms with E-state index in [1.807, 2.05) is 31.2 Å². The van der Waals surface area contributed by atoms with Gasteiger partial charge in [-0.05, 0) is 32.4 Å². The third-order valence-electron chi connectivity index (χ3n) is 4.00. The molecule has 1 amide bonds. The van der Waals surface area contributed by atoms with Crippen LogP contribution in [-0.2, 0) is 11.2 Å². The van der Waals surface area contributed by atoms with Crippen LogP contribution in [0.5, 0.6) is 0 Å². The molecule has 0 aliphatic rings. The van der Waals surface area contributed by atoms with Crippen LogP contribution in [0.1, 0.15) is 29.1 Å². The molecule has 0 bridgehead atoms. The minimum Gasteiger partial charge on any atom is -0.339 e. The first-order valence-corrected chi connectivity index (χ1v) is 8.32. The van der Waals surface area contributed by atoms with Crippen molar-refractivity contribution in [1.29, 1.82) is 0 Å². The maximum Gasteiger partial charge on any atom is 0.248 e. The standard InChI is InChI=1S/C19H20N4O3/c1-11-5-4-6-14(9-11)19-22-17(26-23-19)8-7-15(24)21-18-12(2)10-16(25)20-13(18)3/h4-6,9-10H,7-8H2,1-3H3,(H,20,25)(H,21,24). The molecule has 0 atom stereocenters. The fraction of sp³-hybridized carbons (Fsp3) is 0.263. The molecule has 7 nitrogen and oxygen atoms in total. The highest BCUT2D eigenvalue weighted by Crippen LogP contribution is 2.18. The van der Waals surface area contributed by atoms with Crippen molar-refractivity contribution < 1.29 is 9.32 Å². The summed E-state index contributed by atoms with van der Waals surface area (Å²) in [6.07, 6.45) is 0.541. The van der Waals surface area contributed by atoms with Crippen LogP contribution in [0.3, 0.4) is 0 Å². The average Bonchev–Trinajstić information content (AvgIpc) is 3.05. The van der Waals surface area contributed by atoms with Crippen molar-refractivity contribution in [2.24, 2.45) is 0 Å². The van der Waals surface area contributed by atoms with E-state index in [1.165, 1.54) is 6.07 Å². The number of hydrogen-bond acceptors (Lipinski definition) is 5. The number of aromatic nitrogens is 3. The van der Waals surface area contributed by atoms with Crippen molar-refractivity contribution in [3.8, 4) is 11.4 Å². The SMILES string of the molecule is Cc1cccc(-c2noc(CCC(=O)Nc3c(C)cc(=O)[nH]c3C)n2)c1. The maximum atomic E-state index is 12.2. The lowest BCUT2D eigenvalue weighted by Crippen LogP contribution is -2.17. The van der Waals surface area contributed by atoms with Crippen LogP contribution in [0.25, 0.3) is 11.4 Å². The van der Waals surface area contributed by atoms with E-state index in [2.05, 4.69) is 20.4 Å². The van der Waals surface area contributed by atoms with Gasteiger partial charge in [0.2, 0.25) is 23.2 Å². The summed E-state index contributed by atoms with van der Waals surface area (Å²) < 4.78 is 5.23. The van der Waals surface area contributed by atoms with Crippen LogP contribution in [-0.4, -0.2) is 21.0 Å². The lowest BCUT2D eigenvalue weighted by molar-refractivity contribution is -0.116. The normalized spacial score (nSPS) is 10.7. The largest absolute Gasteiger partial charge is 0.339 e. The van der Waals surface area contributed by atoms with Gasteiger partial charge in [-0.15, -0.1) is 0 Å². The van der Waals surface area contributed by atoms with Crippen LogP contribution in [0.2, 0.25) is 0 Å². The van der Waals surface area contributed by atoms with Crippen molar-refractivity contribution >= 4 is 11.6 Å². The van der Waals surface area contributed by atoms with Crippen LogP contribution >= 0.6 is 0 Å². The van der Waals surface area contributed by atoms with Gasteiger partial charge in [0.1, 0.15) is 0 Å². The number of aromatic amines is 1. The summed E-state index contributed by atoms with van der Waals surface area (Å²) in [5.41, 5.74) is 3.78. The van der Waals surface area contributed by atoms with Crippen LogP contribution in [0, 0.1) is 20.8 Å². The zero-order valence-electron chi connectivity index (χ0n) is 14.9. The Labute approximate surface area is 150 Å². The van der Waals surface area contributed by atoms with Gasteiger partial charge >= 0.3 is 0 Å². The van der Waals surface area contributed by atoms with Crippen molar-refractivity contribution in [1.82, 2.24) is 15.1 Å². The number of nitrogens with one attached hydrogen (secondary N) is 2. The number of pyridine rings is 1. The van der Waals surface area contributed by atoms with Crippen LogP contribution in [0.4, 0.5) is 5.69 Å². The smallest absolute Gasteiger partial charge is 0.248 e. The van der Waals surface area contributed by atoms with Gasteiger partial charge in [-0.2, -0.15) is 4.98 Å². The molecule has 0 saturated heterocycles. The lowest BCUT2D eigenvalue weighted by atomic mass is 10.1. The minimum atomic E-state index is -0.187. The summed E-state index contributed by atoms with van der Waals surface area (Å²) in [5, 5.41) is 6.79. The number of carbonyl (C=O) groups excluding carboxylic acids is 1. The van der Waals surface area contributed by atoms with Crippen LogP contribution < -0.4 is 10.9 Å². The molecule has 2 heterocycles. The Bertz CT molecular complexity index is 978. The lowest BCUT2D eigenvalue weighted by Gasteiger charge is -2.10. The Morgan fingerprint density at radius 1 is 1.23 bits per heavy atom. The van der Waals surface area contributed by atoms with Gasteiger partial charge in [-0.3, -0.25) is 9.59 Å². The highest BCUT2D eigenvalue weighted by Gasteiger charge is 2.13. The number of benzene rings is 1. The van der Waals surface area contributed by atoms with Crippen molar-refractivity contribution in [2.75, 3.05) is 5.32 Å². The number of carbonyl (C=O) groups is 1. The molecule has 0 aliphatic heterocycles. The molecule has 3 rings (SSSR count). The first kappa shape index (κ1) is 17.6. The molecule has 2 N–H and O–H groups in total. The molecule has 0 unspecified atom stereocenters. The molecule has 0 fully saturated rings. The average molecular weight is 352 g/mol. The van der Waals surface area contributed by atoms with E-state index < -0.39 is 0 Å². The summed E-state index contributed by atoms with van der Waals surface area (Å²) in [7, 11) is 0. The predicted octanol–water partition coefficient (Wildman–Crippen LogP) is 2.92. The van der Waals surface area contributed by atoms with E-state index in [0.717, 1.165) is 16.7 Å². The highest BCUT2D eigenvalue weighted by molar-refractivity contribution is 5.92. The quantitative estimate of drug-likeness (QED) is 0.735. The zero-order valence-corrected chi connectivity index (χ0v) is 14.9. The Hall–Kier alpha value is -3.22. The molecule has 134 valence electrons. The molecule has 26 heavy (non-hydrogen) atoms. The van der Waals surface area contributed by atoms with E-state index in [0.29, 0.717) is 29.5 Å². The molecule has 0 spiro atoms. The van der Waals surface area contributed by atoms with Gasteiger partial charge in [0.05, 0.1) is 5.69 Å². The Morgan fingerprint density at radius 2 is 2.04 bits per heavy atom. The van der Waals surface area contributed by atoms with E-state index >= 15 is 0 Å². The molecular weight excluding hydrogens is 332 g/mol. The Kier molecular flexibility index (Phi) is 4.97. The second kappa shape index (κ2) is 7.35. The van der Waals surface area contributed by atoms with Gasteiger partial charge in [0.15, 0.2) is 0 Å². The third kappa shape index (κ3) is 4.05. The fourth-order valence-corrected chi connectivity index (χ4v) is 2.72. The number of amides is 1. The van der Waals surface area contributed by atoms with Crippen molar-refractivity contribution in [3.05, 3.63) is 63.4 Å². The summed E-state index contributed by atoms with van der Waals surface area (Å²) in [4.78, 5) is 30.6. The Balaban J connectivity index is 1.63. The molecule has 3 aromatic rings. The van der Waals surface area contributed by atoms with Gasteiger partial charge in [-0.1, -0.05) is 28.9 Å². The van der Waals surface area contributed by atoms with Gasteiger partial charge < -0.3 is 14.8 Å². The number of aryl methyl sites for hydroxylation is 4. The number of H-pyrrole nitrogens is 1. The second-order valence-corrected chi connectivity index (χ2v) is 6.25. The van der Waals surface area contributed by atoms with E-state index in [4.69, 9.17) is 4.52 Å². The summed E-state index contributed by atoms with van der Waals surface area (Å²) in [5.74, 6) is 0.738. The first-order valence-electron chi connectivity index (χ1n) is 8.32. The summed E-state index contributed by atoms with van der Waals surface area (Å²) >= 11 is 0. The number of nitrogens with zero attached hydrogens (tertiary/aromatic N) is 2. The monoisotopic (exact) mass is 352 g/mol. The first-order chi connectivity index (χ1) is 12.4. The minimum absolute atomic E-state index is 0.182. The summed E-state index contributed by atoms with van der Waals surface area (Å²) in [6.45, 7) is 5.52. The maximum absolute atomic E-state index is 12.2. The molecule has 1 aromatic carbocycles. The summed E-state index contributed by atoms with van der Waals surface area (Å²) in [6, 6.07) is 9.27. The molecule has 2 aromatic heterocycles.